The fourth-order valence-corrected chi connectivity index (χ4v) is 1.28. The quantitative estimate of drug-likeness (QED) is 0.842. The van der Waals surface area contributed by atoms with Crippen LogP contribution in [0.4, 0.5) is 13.2 Å². The number of hydrogen-bond donors (Lipinski definition) is 2. The number of hydrogen-bond acceptors (Lipinski definition) is 3. The summed E-state index contributed by atoms with van der Waals surface area (Å²) in [6.07, 6.45) is -4.53. The van der Waals surface area contributed by atoms with Gasteiger partial charge in [0.05, 0.1) is 5.56 Å². The van der Waals surface area contributed by atoms with Crippen LogP contribution in [0.2, 0.25) is 0 Å². The lowest BCUT2D eigenvalue weighted by atomic mass is 10.2. The van der Waals surface area contributed by atoms with Gasteiger partial charge in [0.1, 0.15) is 5.75 Å². The van der Waals surface area contributed by atoms with Crippen LogP contribution in [0.15, 0.2) is 22.7 Å². The molecular formula is C9H7BrF3NO3. The first-order valence-corrected chi connectivity index (χ1v) is 5.06. The topological polar surface area (TPSA) is 58.6 Å². The van der Waals surface area contributed by atoms with Crippen LogP contribution in [-0.4, -0.2) is 23.8 Å². The molecule has 0 aliphatic heterocycles. The van der Waals surface area contributed by atoms with Crippen LogP contribution >= 0.6 is 15.9 Å². The lowest BCUT2D eigenvalue weighted by Gasteiger charge is -2.09. The Balaban J connectivity index is 2.59. The summed E-state index contributed by atoms with van der Waals surface area (Å²) in [5.41, 5.74) is 1.40. The molecule has 0 bridgehead atoms. The van der Waals surface area contributed by atoms with E-state index in [1.54, 1.807) is 5.48 Å². The van der Waals surface area contributed by atoms with Gasteiger partial charge in [-0.1, -0.05) is 15.9 Å². The van der Waals surface area contributed by atoms with Crippen molar-refractivity contribution in [3.63, 3.8) is 0 Å². The fraction of sp³-hybridized carbons (Fsp3) is 0.222. The normalized spacial score (nSPS) is 11.3. The van der Waals surface area contributed by atoms with E-state index < -0.39 is 18.7 Å². The predicted molar refractivity (Wildman–Crippen MR) is 55.3 cm³/mol. The van der Waals surface area contributed by atoms with Gasteiger partial charge in [0.25, 0.3) is 5.91 Å². The molecule has 17 heavy (non-hydrogen) atoms. The van der Waals surface area contributed by atoms with Gasteiger partial charge in [0.2, 0.25) is 0 Å². The highest BCUT2D eigenvalue weighted by Crippen LogP contribution is 2.22. The minimum Gasteiger partial charge on any atom is -0.507 e. The van der Waals surface area contributed by atoms with Crippen molar-refractivity contribution in [1.82, 2.24) is 5.48 Å². The Labute approximate surface area is 102 Å². The molecule has 0 radical (unpaired) electrons. The maximum Gasteiger partial charge on any atom is 0.414 e. The van der Waals surface area contributed by atoms with Crippen LogP contribution in [0.5, 0.6) is 5.75 Å². The summed E-state index contributed by atoms with van der Waals surface area (Å²) in [6.45, 7) is -1.60. The number of hydroxylamine groups is 1. The molecule has 94 valence electrons. The molecule has 0 unspecified atom stereocenters. The van der Waals surface area contributed by atoms with Crippen molar-refractivity contribution in [2.75, 3.05) is 6.61 Å². The molecule has 0 saturated heterocycles. The SMILES string of the molecule is O=C(NOCC(F)(F)F)c1ccc(Br)cc1O. The third-order valence-electron chi connectivity index (χ3n) is 1.61. The summed E-state index contributed by atoms with van der Waals surface area (Å²) in [5, 5.41) is 9.35. The first kappa shape index (κ1) is 13.8. The van der Waals surface area contributed by atoms with Crippen molar-refractivity contribution in [3.8, 4) is 5.75 Å². The third kappa shape index (κ3) is 4.61. The number of phenols is 1. The molecule has 0 aliphatic carbocycles. The molecule has 0 heterocycles. The number of amides is 1. The van der Waals surface area contributed by atoms with Crippen molar-refractivity contribution in [3.05, 3.63) is 28.2 Å². The smallest absolute Gasteiger partial charge is 0.414 e. The van der Waals surface area contributed by atoms with Crippen molar-refractivity contribution < 1.29 is 27.9 Å². The number of rotatable bonds is 3. The Morgan fingerprint density at radius 1 is 1.47 bits per heavy atom. The van der Waals surface area contributed by atoms with Crippen LogP contribution < -0.4 is 5.48 Å². The van der Waals surface area contributed by atoms with Crippen LogP contribution in [0.1, 0.15) is 10.4 Å². The number of nitrogens with one attached hydrogen (secondary N) is 1. The monoisotopic (exact) mass is 313 g/mol. The van der Waals surface area contributed by atoms with Crippen molar-refractivity contribution in [1.29, 1.82) is 0 Å². The second kappa shape index (κ2) is 5.37. The molecule has 0 fully saturated rings. The molecule has 0 aliphatic rings. The first-order chi connectivity index (χ1) is 7.79. The Bertz CT molecular complexity index is 422. The lowest BCUT2D eigenvalue weighted by Crippen LogP contribution is -2.29. The molecule has 1 rings (SSSR count). The molecule has 0 aromatic heterocycles. The van der Waals surface area contributed by atoms with Gasteiger partial charge in [0, 0.05) is 4.47 Å². The number of benzene rings is 1. The van der Waals surface area contributed by atoms with Gasteiger partial charge >= 0.3 is 6.18 Å². The molecule has 8 heteroatoms. The van der Waals surface area contributed by atoms with Gasteiger partial charge in [-0.25, -0.2) is 5.48 Å². The van der Waals surface area contributed by atoms with Crippen LogP contribution in [0, 0.1) is 0 Å². The summed E-state index contributed by atoms with van der Waals surface area (Å²) < 4.78 is 35.7. The number of alkyl halides is 3. The minimum atomic E-state index is -4.53. The Morgan fingerprint density at radius 3 is 2.65 bits per heavy atom. The average Bonchev–Trinajstić information content (AvgIpc) is 2.15. The number of aromatic hydroxyl groups is 1. The molecule has 1 amide bonds. The minimum absolute atomic E-state index is 0.185. The molecular weight excluding hydrogens is 307 g/mol. The summed E-state index contributed by atoms with van der Waals surface area (Å²) >= 11 is 3.05. The molecule has 4 nitrogen and oxygen atoms in total. The zero-order valence-electron chi connectivity index (χ0n) is 8.21. The van der Waals surface area contributed by atoms with Crippen LogP contribution in [0.25, 0.3) is 0 Å². The van der Waals surface area contributed by atoms with E-state index in [1.165, 1.54) is 18.2 Å². The Hall–Kier alpha value is -1.28. The van der Waals surface area contributed by atoms with E-state index in [4.69, 9.17) is 0 Å². The maximum absolute atomic E-state index is 11.7. The molecule has 1 aromatic carbocycles. The number of phenolic OH excluding ortho intramolecular Hbond substituents is 1. The summed E-state index contributed by atoms with van der Waals surface area (Å²) in [4.78, 5) is 15.2. The molecule has 2 N–H and O–H groups in total. The van der Waals surface area contributed by atoms with Gasteiger partial charge in [-0.3, -0.25) is 9.63 Å². The fourth-order valence-electron chi connectivity index (χ4n) is 0.935. The zero-order valence-corrected chi connectivity index (χ0v) is 9.80. The maximum atomic E-state index is 11.7. The molecule has 0 atom stereocenters. The van der Waals surface area contributed by atoms with E-state index in [-0.39, 0.29) is 11.3 Å². The van der Waals surface area contributed by atoms with Gasteiger partial charge in [0.15, 0.2) is 6.61 Å². The van der Waals surface area contributed by atoms with Gasteiger partial charge in [-0.05, 0) is 18.2 Å². The van der Waals surface area contributed by atoms with Crippen molar-refractivity contribution in [2.45, 2.75) is 6.18 Å². The van der Waals surface area contributed by atoms with Gasteiger partial charge in [-0.15, -0.1) is 0 Å². The second-order valence-corrected chi connectivity index (χ2v) is 3.91. The average molecular weight is 314 g/mol. The highest BCUT2D eigenvalue weighted by Gasteiger charge is 2.28. The van der Waals surface area contributed by atoms with E-state index >= 15 is 0 Å². The van der Waals surface area contributed by atoms with Crippen molar-refractivity contribution >= 4 is 21.8 Å². The van der Waals surface area contributed by atoms with Gasteiger partial charge in [-0.2, -0.15) is 13.2 Å². The third-order valence-corrected chi connectivity index (χ3v) is 2.10. The van der Waals surface area contributed by atoms with E-state index in [0.717, 1.165) is 0 Å². The zero-order chi connectivity index (χ0) is 13.1. The number of carbonyl (C=O) groups is 1. The van der Waals surface area contributed by atoms with Crippen LogP contribution in [0.3, 0.4) is 0 Å². The summed E-state index contributed by atoms with van der Waals surface area (Å²) in [7, 11) is 0. The van der Waals surface area contributed by atoms with E-state index in [2.05, 4.69) is 20.8 Å². The summed E-state index contributed by atoms with van der Waals surface area (Å²) in [6, 6.07) is 3.93. The largest absolute Gasteiger partial charge is 0.507 e. The Kier molecular flexibility index (Phi) is 4.35. The van der Waals surface area contributed by atoms with Crippen LogP contribution in [-0.2, 0) is 4.84 Å². The number of halogens is 4. The standard InChI is InChI=1S/C9H7BrF3NO3/c10-5-1-2-6(7(15)3-5)8(16)14-17-4-9(11,12)13/h1-3,15H,4H2,(H,14,16). The molecule has 0 spiro atoms. The highest BCUT2D eigenvalue weighted by atomic mass is 79.9. The van der Waals surface area contributed by atoms with Crippen molar-refractivity contribution in [2.24, 2.45) is 0 Å². The van der Waals surface area contributed by atoms with E-state index in [0.29, 0.717) is 4.47 Å². The predicted octanol–water partition coefficient (Wildman–Crippen LogP) is 2.38. The summed E-state index contributed by atoms with van der Waals surface area (Å²) in [5.74, 6) is -1.33. The lowest BCUT2D eigenvalue weighted by molar-refractivity contribution is -0.184. The molecule has 1 aromatic rings. The first-order valence-electron chi connectivity index (χ1n) is 4.27. The Morgan fingerprint density at radius 2 is 2.12 bits per heavy atom. The van der Waals surface area contributed by atoms with Gasteiger partial charge < -0.3 is 5.11 Å². The highest BCUT2D eigenvalue weighted by molar-refractivity contribution is 9.10. The molecule has 0 saturated carbocycles. The second-order valence-electron chi connectivity index (χ2n) is 3.00. The number of carbonyl (C=O) groups excluding carboxylic acids is 1. The van der Waals surface area contributed by atoms with E-state index in [9.17, 15) is 23.1 Å². The van der Waals surface area contributed by atoms with E-state index in [1.807, 2.05) is 0 Å².